The summed E-state index contributed by atoms with van der Waals surface area (Å²) in [7, 11) is 0. The Hall–Kier alpha value is -1.37. The van der Waals surface area contributed by atoms with Crippen molar-refractivity contribution in [3.8, 4) is 0 Å². The summed E-state index contributed by atoms with van der Waals surface area (Å²) in [6, 6.07) is 6.99. The number of hydrogen-bond acceptors (Lipinski definition) is 4. The molecule has 1 atom stereocenters. The lowest BCUT2D eigenvalue weighted by atomic mass is 10.2. The third kappa shape index (κ3) is 2.34. The lowest BCUT2D eigenvalue weighted by Crippen LogP contribution is -2.50. The third-order valence-electron chi connectivity index (χ3n) is 3.42. The second-order valence-electron chi connectivity index (χ2n) is 4.67. The van der Waals surface area contributed by atoms with Gasteiger partial charge >= 0.3 is 0 Å². The summed E-state index contributed by atoms with van der Waals surface area (Å²) in [4.78, 5) is 14.1. The molecule has 0 spiro atoms. The average molecular weight is 340 g/mol. The molecule has 0 radical (unpaired) electrons. The minimum Gasteiger partial charge on any atom is -0.451 e. The summed E-state index contributed by atoms with van der Waals surface area (Å²) in [6.07, 6.45) is 0. The molecule has 1 unspecified atom stereocenters. The molecule has 20 heavy (non-hydrogen) atoms. The lowest BCUT2D eigenvalue weighted by Gasteiger charge is -2.33. The molecule has 1 N–H and O–H groups in total. The zero-order valence-corrected chi connectivity index (χ0v) is 12.3. The van der Waals surface area contributed by atoms with E-state index in [0.717, 1.165) is 9.86 Å². The van der Waals surface area contributed by atoms with Crippen LogP contribution in [0.5, 0.6) is 0 Å². The summed E-state index contributed by atoms with van der Waals surface area (Å²) < 4.78 is 11.8. The van der Waals surface area contributed by atoms with Gasteiger partial charge in [-0.25, -0.2) is 0 Å². The van der Waals surface area contributed by atoms with Crippen LogP contribution in [0.25, 0.3) is 11.0 Å². The number of furan rings is 1. The molecule has 0 saturated carbocycles. The molecule has 1 fully saturated rings. The van der Waals surface area contributed by atoms with Gasteiger partial charge in [-0.1, -0.05) is 22.0 Å². The van der Waals surface area contributed by atoms with Gasteiger partial charge in [-0.05, 0) is 18.2 Å². The standard InChI is InChI=1S/C14H14BrNO4/c15-11-2-1-3-12-10(11)6-13(20-12)14(18)16-4-5-19-8-9(16)7-17/h1-3,6,9,17H,4-5,7-8H2. The quantitative estimate of drug-likeness (QED) is 0.909. The van der Waals surface area contributed by atoms with Crippen LogP contribution in [-0.4, -0.2) is 48.3 Å². The predicted molar refractivity (Wildman–Crippen MR) is 76.6 cm³/mol. The van der Waals surface area contributed by atoms with Gasteiger partial charge in [0.05, 0.1) is 25.9 Å². The van der Waals surface area contributed by atoms with E-state index in [2.05, 4.69) is 15.9 Å². The molecule has 1 aromatic carbocycles. The van der Waals surface area contributed by atoms with Crippen LogP contribution in [0.1, 0.15) is 10.6 Å². The maximum Gasteiger partial charge on any atom is 0.290 e. The number of amides is 1. The van der Waals surface area contributed by atoms with E-state index in [9.17, 15) is 9.90 Å². The van der Waals surface area contributed by atoms with Gasteiger partial charge in [0.25, 0.3) is 5.91 Å². The number of ether oxygens (including phenoxy) is 1. The maximum absolute atomic E-state index is 12.5. The normalized spacial score (nSPS) is 19.5. The molecule has 1 aliphatic heterocycles. The highest BCUT2D eigenvalue weighted by atomic mass is 79.9. The Morgan fingerprint density at radius 3 is 3.10 bits per heavy atom. The van der Waals surface area contributed by atoms with E-state index in [1.165, 1.54) is 0 Å². The molecule has 2 heterocycles. The van der Waals surface area contributed by atoms with E-state index in [4.69, 9.17) is 9.15 Å². The zero-order chi connectivity index (χ0) is 14.1. The lowest BCUT2D eigenvalue weighted by molar-refractivity contribution is -0.0195. The highest BCUT2D eigenvalue weighted by molar-refractivity contribution is 9.10. The molecule has 0 bridgehead atoms. The number of rotatable bonds is 2. The van der Waals surface area contributed by atoms with Gasteiger partial charge < -0.3 is 19.2 Å². The summed E-state index contributed by atoms with van der Waals surface area (Å²) in [5.74, 6) is 0.0719. The van der Waals surface area contributed by atoms with Crippen LogP contribution in [0, 0.1) is 0 Å². The van der Waals surface area contributed by atoms with Gasteiger partial charge in [-0.15, -0.1) is 0 Å². The van der Waals surface area contributed by atoms with E-state index >= 15 is 0 Å². The summed E-state index contributed by atoms with van der Waals surface area (Å²) in [5.41, 5.74) is 0.663. The van der Waals surface area contributed by atoms with E-state index in [1.54, 1.807) is 11.0 Å². The van der Waals surface area contributed by atoms with Gasteiger partial charge in [-0.2, -0.15) is 0 Å². The van der Waals surface area contributed by atoms with Crippen LogP contribution in [0.3, 0.4) is 0 Å². The minimum atomic E-state index is -0.312. The van der Waals surface area contributed by atoms with Gasteiger partial charge in [0.2, 0.25) is 0 Å². The van der Waals surface area contributed by atoms with Crippen molar-refractivity contribution in [2.45, 2.75) is 6.04 Å². The van der Waals surface area contributed by atoms with Gasteiger partial charge in [0.1, 0.15) is 5.58 Å². The van der Waals surface area contributed by atoms with Crippen molar-refractivity contribution in [2.75, 3.05) is 26.4 Å². The van der Waals surface area contributed by atoms with Crippen LogP contribution in [-0.2, 0) is 4.74 Å². The number of nitrogens with zero attached hydrogens (tertiary/aromatic N) is 1. The predicted octanol–water partition coefficient (Wildman–Crippen LogP) is 2.03. The molecule has 6 heteroatoms. The Bertz CT molecular complexity index is 639. The fraction of sp³-hybridized carbons (Fsp3) is 0.357. The Balaban J connectivity index is 1.93. The number of hydrogen-bond donors (Lipinski definition) is 1. The molecule has 106 valence electrons. The fourth-order valence-electron chi connectivity index (χ4n) is 2.35. The number of fused-ring (bicyclic) bond motifs is 1. The van der Waals surface area contributed by atoms with Crippen molar-refractivity contribution < 1.29 is 19.1 Å². The van der Waals surface area contributed by atoms with Crippen molar-refractivity contribution in [2.24, 2.45) is 0 Å². The van der Waals surface area contributed by atoms with Gasteiger partial charge in [-0.3, -0.25) is 4.79 Å². The van der Waals surface area contributed by atoms with E-state index in [0.29, 0.717) is 25.3 Å². The third-order valence-corrected chi connectivity index (χ3v) is 4.11. The monoisotopic (exact) mass is 339 g/mol. The zero-order valence-electron chi connectivity index (χ0n) is 10.7. The van der Waals surface area contributed by atoms with Crippen molar-refractivity contribution in [1.29, 1.82) is 0 Å². The van der Waals surface area contributed by atoms with Gasteiger partial charge in [0, 0.05) is 16.4 Å². The summed E-state index contributed by atoms with van der Waals surface area (Å²) in [5, 5.41) is 10.2. The second-order valence-corrected chi connectivity index (χ2v) is 5.53. The van der Waals surface area contributed by atoms with Crippen LogP contribution in [0.15, 0.2) is 33.2 Å². The maximum atomic E-state index is 12.5. The SMILES string of the molecule is O=C(c1cc2c(Br)cccc2o1)N1CCOCC1CO. The first-order chi connectivity index (χ1) is 9.70. The number of morpholine rings is 1. The molecular weight excluding hydrogens is 326 g/mol. The fourth-order valence-corrected chi connectivity index (χ4v) is 2.81. The van der Waals surface area contributed by atoms with Crippen LogP contribution in [0.2, 0.25) is 0 Å². The van der Waals surface area contributed by atoms with Crippen molar-refractivity contribution in [3.05, 3.63) is 34.5 Å². The first-order valence-corrected chi connectivity index (χ1v) is 7.17. The van der Waals surface area contributed by atoms with Crippen molar-refractivity contribution in [3.63, 3.8) is 0 Å². The number of aliphatic hydroxyl groups is 1. The van der Waals surface area contributed by atoms with Crippen LogP contribution < -0.4 is 0 Å². The topological polar surface area (TPSA) is 62.9 Å². The van der Waals surface area contributed by atoms with E-state index in [-0.39, 0.29) is 24.3 Å². The van der Waals surface area contributed by atoms with Crippen molar-refractivity contribution in [1.82, 2.24) is 4.90 Å². The number of benzene rings is 1. The first kappa shape index (κ1) is 13.6. The molecule has 3 rings (SSSR count). The molecular formula is C14H14BrNO4. The molecule has 1 saturated heterocycles. The van der Waals surface area contributed by atoms with E-state index in [1.807, 2.05) is 18.2 Å². The Morgan fingerprint density at radius 2 is 2.35 bits per heavy atom. The highest BCUT2D eigenvalue weighted by Crippen LogP contribution is 2.28. The van der Waals surface area contributed by atoms with Crippen LogP contribution in [0.4, 0.5) is 0 Å². The molecule has 0 aliphatic carbocycles. The summed E-state index contributed by atoms with van der Waals surface area (Å²) >= 11 is 3.44. The Labute approximate surface area is 124 Å². The smallest absolute Gasteiger partial charge is 0.290 e. The minimum absolute atomic E-state index is 0.115. The molecule has 1 aliphatic rings. The second kappa shape index (κ2) is 5.55. The summed E-state index contributed by atoms with van der Waals surface area (Å²) in [6.45, 7) is 1.18. The number of aliphatic hydroxyl groups excluding tert-OH is 1. The van der Waals surface area contributed by atoms with E-state index < -0.39 is 0 Å². The van der Waals surface area contributed by atoms with Crippen LogP contribution >= 0.6 is 15.9 Å². The largest absolute Gasteiger partial charge is 0.451 e. The average Bonchev–Trinajstić information content (AvgIpc) is 2.92. The number of carbonyl (C=O) groups excluding carboxylic acids is 1. The molecule has 1 amide bonds. The number of halogens is 1. The molecule has 1 aromatic heterocycles. The Morgan fingerprint density at radius 1 is 1.50 bits per heavy atom. The molecule has 2 aromatic rings. The Kier molecular flexibility index (Phi) is 3.78. The van der Waals surface area contributed by atoms with Crippen molar-refractivity contribution >= 4 is 32.8 Å². The number of carbonyl (C=O) groups is 1. The molecule has 5 nitrogen and oxygen atoms in total. The first-order valence-electron chi connectivity index (χ1n) is 6.38. The highest BCUT2D eigenvalue weighted by Gasteiger charge is 2.29. The van der Waals surface area contributed by atoms with Gasteiger partial charge in [0.15, 0.2) is 5.76 Å².